The lowest BCUT2D eigenvalue weighted by Crippen LogP contribution is -2.14. The summed E-state index contributed by atoms with van der Waals surface area (Å²) in [5.41, 5.74) is 7.62. The van der Waals surface area contributed by atoms with E-state index in [9.17, 15) is 4.39 Å². The van der Waals surface area contributed by atoms with Crippen molar-refractivity contribution < 1.29 is 4.39 Å². The second kappa shape index (κ2) is 4.56. The number of halogens is 1. The highest BCUT2D eigenvalue weighted by Gasteiger charge is 2.12. The molecule has 1 nitrogen and oxygen atoms in total. The minimum atomic E-state index is -0.191. The first kappa shape index (κ1) is 11.2. The highest BCUT2D eigenvalue weighted by Crippen LogP contribution is 2.22. The molecule has 0 aromatic heterocycles. The third-order valence-electron chi connectivity index (χ3n) is 2.28. The molecule has 0 aliphatic rings. The van der Waals surface area contributed by atoms with Crippen molar-refractivity contribution in [2.75, 3.05) is 0 Å². The summed E-state index contributed by atoms with van der Waals surface area (Å²) in [6.07, 6.45) is 0.820. The Bertz CT molecular complexity index is 307. The maximum absolute atomic E-state index is 13.4. The van der Waals surface area contributed by atoms with E-state index >= 15 is 0 Å². The Morgan fingerprint density at radius 3 is 2.57 bits per heavy atom. The molecule has 0 heterocycles. The van der Waals surface area contributed by atoms with Gasteiger partial charge in [0.05, 0.1) is 0 Å². The van der Waals surface area contributed by atoms with Crippen LogP contribution in [-0.2, 0) is 0 Å². The van der Waals surface area contributed by atoms with Crippen LogP contribution in [0.2, 0.25) is 0 Å². The molecule has 1 aromatic rings. The lowest BCUT2D eigenvalue weighted by atomic mass is 9.96. The van der Waals surface area contributed by atoms with Gasteiger partial charge in [0.1, 0.15) is 5.82 Å². The average molecular weight is 195 g/mol. The number of nitrogens with two attached hydrogens (primary N) is 1. The summed E-state index contributed by atoms with van der Waals surface area (Å²) in [5.74, 6) is 0.300. The van der Waals surface area contributed by atoms with Gasteiger partial charge in [-0.3, -0.25) is 0 Å². The molecule has 0 radical (unpaired) electrons. The maximum Gasteiger partial charge on any atom is 0.127 e. The van der Waals surface area contributed by atoms with Crippen LogP contribution in [0, 0.1) is 18.7 Å². The Labute approximate surface area is 85.1 Å². The number of rotatable bonds is 3. The molecule has 0 fully saturated rings. The van der Waals surface area contributed by atoms with Gasteiger partial charge in [-0.1, -0.05) is 31.5 Å². The molecule has 1 atom stereocenters. The molecule has 0 saturated carbocycles. The topological polar surface area (TPSA) is 26.0 Å². The van der Waals surface area contributed by atoms with Gasteiger partial charge in [0.25, 0.3) is 0 Å². The van der Waals surface area contributed by atoms with Crippen molar-refractivity contribution in [3.05, 3.63) is 35.1 Å². The first-order valence-electron chi connectivity index (χ1n) is 5.02. The standard InChI is InChI=1S/C12H18FN/c1-8(2)6-12(14)10-7-9(3)4-5-11(10)13/h4-5,7-8,12H,6,14H2,1-3H3. The molecule has 0 aliphatic heterocycles. The fraction of sp³-hybridized carbons (Fsp3) is 0.500. The van der Waals surface area contributed by atoms with E-state index < -0.39 is 0 Å². The number of hydrogen-bond acceptors (Lipinski definition) is 1. The van der Waals surface area contributed by atoms with Gasteiger partial charge in [0, 0.05) is 11.6 Å². The molecule has 1 rings (SSSR count). The molecule has 1 aromatic carbocycles. The van der Waals surface area contributed by atoms with Crippen molar-refractivity contribution in [1.82, 2.24) is 0 Å². The summed E-state index contributed by atoms with van der Waals surface area (Å²) in [6, 6.07) is 4.91. The van der Waals surface area contributed by atoms with Crippen molar-refractivity contribution in [1.29, 1.82) is 0 Å². The van der Waals surface area contributed by atoms with Gasteiger partial charge in [0.15, 0.2) is 0 Å². The summed E-state index contributed by atoms with van der Waals surface area (Å²) in [6.45, 7) is 6.13. The third-order valence-corrected chi connectivity index (χ3v) is 2.28. The van der Waals surface area contributed by atoms with Crippen LogP contribution < -0.4 is 5.73 Å². The summed E-state index contributed by atoms with van der Waals surface area (Å²) in [5, 5.41) is 0. The molecule has 2 heteroatoms. The minimum absolute atomic E-state index is 0.185. The Kier molecular flexibility index (Phi) is 3.64. The summed E-state index contributed by atoms with van der Waals surface area (Å²) in [4.78, 5) is 0. The van der Waals surface area contributed by atoms with E-state index in [4.69, 9.17) is 5.73 Å². The fourth-order valence-electron chi connectivity index (χ4n) is 1.58. The summed E-state index contributed by atoms with van der Waals surface area (Å²) in [7, 11) is 0. The Morgan fingerprint density at radius 1 is 1.36 bits per heavy atom. The van der Waals surface area contributed by atoms with Crippen LogP contribution in [0.1, 0.15) is 37.4 Å². The second-order valence-electron chi connectivity index (χ2n) is 4.26. The molecule has 0 aliphatic carbocycles. The number of aryl methyl sites for hydroxylation is 1. The van der Waals surface area contributed by atoms with E-state index in [0.717, 1.165) is 12.0 Å². The van der Waals surface area contributed by atoms with Gasteiger partial charge in [-0.05, 0) is 25.3 Å². The second-order valence-corrected chi connectivity index (χ2v) is 4.26. The van der Waals surface area contributed by atoms with Crippen LogP contribution in [0.25, 0.3) is 0 Å². The van der Waals surface area contributed by atoms with E-state index in [1.165, 1.54) is 6.07 Å². The first-order valence-corrected chi connectivity index (χ1v) is 5.02. The van der Waals surface area contributed by atoms with Gasteiger partial charge >= 0.3 is 0 Å². The molecule has 0 spiro atoms. The molecule has 2 N–H and O–H groups in total. The number of benzene rings is 1. The van der Waals surface area contributed by atoms with Crippen molar-refractivity contribution in [2.24, 2.45) is 11.7 Å². The van der Waals surface area contributed by atoms with Crippen LogP contribution in [0.15, 0.2) is 18.2 Å². The highest BCUT2D eigenvalue weighted by atomic mass is 19.1. The molecule has 1 unspecified atom stereocenters. The predicted octanol–water partition coefficient (Wildman–Crippen LogP) is 3.18. The number of hydrogen-bond donors (Lipinski definition) is 1. The van der Waals surface area contributed by atoms with Crippen LogP contribution in [0.3, 0.4) is 0 Å². The van der Waals surface area contributed by atoms with Gasteiger partial charge in [0.2, 0.25) is 0 Å². The Balaban J connectivity index is 2.88. The SMILES string of the molecule is Cc1ccc(F)c(C(N)CC(C)C)c1. The average Bonchev–Trinajstić information content (AvgIpc) is 2.08. The lowest BCUT2D eigenvalue weighted by Gasteiger charge is -2.15. The van der Waals surface area contributed by atoms with E-state index in [2.05, 4.69) is 13.8 Å². The molecule has 0 saturated heterocycles. The van der Waals surface area contributed by atoms with E-state index in [-0.39, 0.29) is 11.9 Å². The Morgan fingerprint density at radius 2 is 2.00 bits per heavy atom. The van der Waals surface area contributed by atoms with E-state index in [1.54, 1.807) is 6.07 Å². The van der Waals surface area contributed by atoms with Crippen LogP contribution >= 0.6 is 0 Å². The van der Waals surface area contributed by atoms with Crippen molar-refractivity contribution in [3.63, 3.8) is 0 Å². The maximum atomic E-state index is 13.4. The van der Waals surface area contributed by atoms with Crippen LogP contribution in [-0.4, -0.2) is 0 Å². The largest absolute Gasteiger partial charge is 0.324 e. The minimum Gasteiger partial charge on any atom is -0.324 e. The van der Waals surface area contributed by atoms with Crippen molar-refractivity contribution in [3.8, 4) is 0 Å². The van der Waals surface area contributed by atoms with Gasteiger partial charge in [-0.2, -0.15) is 0 Å². The predicted molar refractivity (Wildman–Crippen MR) is 57.5 cm³/mol. The lowest BCUT2D eigenvalue weighted by molar-refractivity contribution is 0.488. The van der Waals surface area contributed by atoms with E-state index in [0.29, 0.717) is 11.5 Å². The van der Waals surface area contributed by atoms with Crippen molar-refractivity contribution >= 4 is 0 Å². The van der Waals surface area contributed by atoms with Crippen LogP contribution in [0.5, 0.6) is 0 Å². The third kappa shape index (κ3) is 2.81. The highest BCUT2D eigenvalue weighted by molar-refractivity contribution is 5.26. The molecule has 0 amide bonds. The quantitative estimate of drug-likeness (QED) is 0.787. The zero-order valence-corrected chi connectivity index (χ0v) is 9.05. The van der Waals surface area contributed by atoms with Crippen LogP contribution in [0.4, 0.5) is 4.39 Å². The van der Waals surface area contributed by atoms with Crippen molar-refractivity contribution in [2.45, 2.75) is 33.2 Å². The monoisotopic (exact) mass is 195 g/mol. The van der Waals surface area contributed by atoms with Gasteiger partial charge in [-0.25, -0.2) is 4.39 Å². The smallest absolute Gasteiger partial charge is 0.127 e. The normalized spacial score (nSPS) is 13.3. The molecule has 14 heavy (non-hydrogen) atoms. The first-order chi connectivity index (χ1) is 6.50. The summed E-state index contributed by atoms with van der Waals surface area (Å²) < 4.78 is 13.4. The fourth-order valence-corrected chi connectivity index (χ4v) is 1.58. The molecule has 78 valence electrons. The molecule has 0 bridgehead atoms. The zero-order valence-electron chi connectivity index (χ0n) is 9.05. The van der Waals surface area contributed by atoms with Gasteiger partial charge < -0.3 is 5.73 Å². The van der Waals surface area contributed by atoms with Gasteiger partial charge in [-0.15, -0.1) is 0 Å². The zero-order chi connectivity index (χ0) is 10.7. The Hall–Kier alpha value is -0.890. The summed E-state index contributed by atoms with van der Waals surface area (Å²) >= 11 is 0. The molecular formula is C12H18FN. The van der Waals surface area contributed by atoms with E-state index in [1.807, 2.05) is 13.0 Å². The molecular weight excluding hydrogens is 177 g/mol.